The lowest BCUT2D eigenvalue weighted by molar-refractivity contribution is 0.0746. The molecule has 1 aromatic carbocycles. The van der Waals surface area contributed by atoms with Gasteiger partial charge in [-0.1, -0.05) is 18.2 Å². The van der Waals surface area contributed by atoms with E-state index >= 15 is 0 Å². The highest BCUT2D eigenvalue weighted by atomic mass is 16.3. The standard InChI is InChI=1S/C16H17N3O3/c20-14-10-12(11-15(21)17-14)16(22)19-8-6-18(7-9-19)13-4-2-1-3-5-13/h1-5,10-11H,6-9H2,(H2,17,20,21). The number of aromatic nitrogens is 1. The van der Waals surface area contributed by atoms with Crippen molar-refractivity contribution in [3.8, 4) is 5.88 Å². The molecular formula is C16H17N3O3. The Balaban J connectivity index is 1.68. The van der Waals surface area contributed by atoms with E-state index in [1.54, 1.807) is 4.90 Å². The summed E-state index contributed by atoms with van der Waals surface area (Å²) in [5.74, 6) is -0.520. The van der Waals surface area contributed by atoms with E-state index in [2.05, 4.69) is 9.88 Å². The van der Waals surface area contributed by atoms with Gasteiger partial charge in [0.05, 0.1) is 5.56 Å². The number of amides is 1. The Morgan fingerprint density at radius 1 is 1.05 bits per heavy atom. The fourth-order valence-electron chi connectivity index (χ4n) is 2.64. The van der Waals surface area contributed by atoms with E-state index in [0.717, 1.165) is 18.8 Å². The fraction of sp³-hybridized carbons (Fsp3) is 0.250. The maximum atomic E-state index is 12.4. The predicted octanol–water partition coefficient (Wildman–Crippen LogP) is 1.04. The van der Waals surface area contributed by atoms with Gasteiger partial charge < -0.3 is 14.9 Å². The molecule has 22 heavy (non-hydrogen) atoms. The normalized spacial score (nSPS) is 14.9. The first-order valence-corrected chi connectivity index (χ1v) is 7.16. The lowest BCUT2D eigenvalue weighted by Gasteiger charge is -2.36. The maximum Gasteiger partial charge on any atom is 0.254 e. The van der Waals surface area contributed by atoms with Crippen LogP contribution in [0.4, 0.5) is 5.69 Å². The number of nitrogens with zero attached hydrogens (tertiary/aromatic N) is 2. The Bertz CT molecular complexity index is 719. The second-order valence-electron chi connectivity index (χ2n) is 5.23. The van der Waals surface area contributed by atoms with Gasteiger partial charge in [0.25, 0.3) is 11.5 Å². The average Bonchev–Trinajstić information content (AvgIpc) is 2.54. The minimum atomic E-state index is -0.480. The number of benzene rings is 1. The van der Waals surface area contributed by atoms with Gasteiger partial charge >= 0.3 is 0 Å². The summed E-state index contributed by atoms with van der Waals surface area (Å²) in [5, 5.41) is 9.40. The number of carbonyl (C=O) groups excluding carboxylic acids is 1. The Morgan fingerprint density at radius 2 is 1.73 bits per heavy atom. The highest BCUT2D eigenvalue weighted by molar-refractivity contribution is 5.94. The lowest BCUT2D eigenvalue weighted by atomic mass is 10.2. The van der Waals surface area contributed by atoms with Gasteiger partial charge in [-0.05, 0) is 12.1 Å². The van der Waals surface area contributed by atoms with Crippen LogP contribution in [0.2, 0.25) is 0 Å². The van der Waals surface area contributed by atoms with E-state index in [0.29, 0.717) is 13.1 Å². The summed E-state index contributed by atoms with van der Waals surface area (Å²) in [7, 11) is 0. The molecular weight excluding hydrogens is 282 g/mol. The molecule has 2 aromatic rings. The summed E-state index contributed by atoms with van der Waals surface area (Å²) < 4.78 is 0. The van der Waals surface area contributed by atoms with Gasteiger partial charge in [0.15, 0.2) is 5.88 Å². The molecule has 0 saturated carbocycles. The molecule has 6 nitrogen and oxygen atoms in total. The van der Waals surface area contributed by atoms with Crippen LogP contribution in [0.5, 0.6) is 5.88 Å². The molecule has 1 fully saturated rings. The molecule has 2 N–H and O–H groups in total. The second kappa shape index (κ2) is 5.93. The van der Waals surface area contributed by atoms with Crippen molar-refractivity contribution in [1.29, 1.82) is 0 Å². The molecule has 1 aromatic heterocycles. The summed E-state index contributed by atoms with van der Waals surface area (Å²) in [4.78, 5) is 29.9. The van der Waals surface area contributed by atoms with Gasteiger partial charge in [-0.2, -0.15) is 0 Å². The zero-order valence-corrected chi connectivity index (χ0v) is 12.0. The zero-order chi connectivity index (χ0) is 15.5. The monoisotopic (exact) mass is 299 g/mol. The fourth-order valence-corrected chi connectivity index (χ4v) is 2.64. The van der Waals surface area contributed by atoms with Crippen LogP contribution >= 0.6 is 0 Å². The van der Waals surface area contributed by atoms with Gasteiger partial charge in [-0.3, -0.25) is 14.6 Å². The highest BCUT2D eigenvalue weighted by Crippen LogP contribution is 2.17. The molecule has 0 atom stereocenters. The third kappa shape index (κ3) is 2.95. The summed E-state index contributed by atoms with van der Waals surface area (Å²) in [6.45, 7) is 2.65. The third-order valence-corrected chi connectivity index (χ3v) is 3.77. The van der Waals surface area contributed by atoms with Crippen molar-refractivity contribution in [1.82, 2.24) is 9.88 Å². The average molecular weight is 299 g/mol. The molecule has 114 valence electrons. The number of rotatable bonds is 2. The SMILES string of the molecule is O=C(c1cc(O)[nH]c(=O)c1)N1CCN(c2ccccc2)CC1. The minimum Gasteiger partial charge on any atom is -0.494 e. The molecule has 0 spiro atoms. The molecule has 6 heteroatoms. The van der Waals surface area contributed by atoms with Crippen molar-refractivity contribution in [3.63, 3.8) is 0 Å². The van der Waals surface area contributed by atoms with E-state index < -0.39 is 5.56 Å². The van der Waals surface area contributed by atoms with Crippen molar-refractivity contribution in [3.05, 3.63) is 58.4 Å². The van der Waals surface area contributed by atoms with Gasteiger partial charge in [0, 0.05) is 44.0 Å². The Hall–Kier alpha value is -2.76. The van der Waals surface area contributed by atoms with Crippen LogP contribution in [0.25, 0.3) is 0 Å². The van der Waals surface area contributed by atoms with Crippen molar-refractivity contribution < 1.29 is 9.90 Å². The van der Waals surface area contributed by atoms with Crippen LogP contribution in [0.3, 0.4) is 0 Å². The minimum absolute atomic E-state index is 0.217. The number of para-hydroxylation sites is 1. The van der Waals surface area contributed by atoms with Gasteiger partial charge in [0.2, 0.25) is 0 Å². The van der Waals surface area contributed by atoms with Gasteiger partial charge in [0.1, 0.15) is 0 Å². The van der Waals surface area contributed by atoms with E-state index in [1.807, 2.05) is 30.3 Å². The van der Waals surface area contributed by atoms with Crippen molar-refractivity contribution in [2.45, 2.75) is 0 Å². The molecule has 0 aliphatic carbocycles. The molecule has 1 aliphatic rings. The van der Waals surface area contributed by atoms with Crippen LogP contribution < -0.4 is 10.5 Å². The molecule has 1 saturated heterocycles. The molecule has 1 aliphatic heterocycles. The van der Waals surface area contributed by atoms with Crippen LogP contribution in [0, 0.1) is 0 Å². The van der Waals surface area contributed by atoms with E-state index in [9.17, 15) is 14.7 Å². The van der Waals surface area contributed by atoms with Crippen LogP contribution in [0.1, 0.15) is 10.4 Å². The largest absolute Gasteiger partial charge is 0.494 e. The second-order valence-corrected chi connectivity index (χ2v) is 5.23. The number of carbonyl (C=O) groups is 1. The Kier molecular flexibility index (Phi) is 3.82. The maximum absolute atomic E-state index is 12.4. The summed E-state index contributed by atoms with van der Waals surface area (Å²) >= 11 is 0. The van der Waals surface area contributed by atoms with Gasteiger partial charge in [-0.15, -0.1) is 0 Å². The number of hydrogen-bond acceptors (Lipinski definition) is 4. The third-order valence-electron chi connectivity index (χ3n) is 3.77. The molecule has 1 amide bonds. The predicted molar refractivity (Wildman–Crippen MR) is 83.3 cm³/mol. The van der Waals surface area contributed by atoms with E-state index in [1.165, 1.54) is 12.1 Å². The summed E-state index contributed by atoms with van der Waals surface area (Å²) in [6, 6.07) is 12.6. The van der Waals surface area contributed by atoms with Crippen LogP contribution in [-0.4, -0.2) is 47.1 Å². The molecule has 0 bridgehead atoms. The molecule has 2 heterocycles. The zero-order valence-electron chi connectivity index (χ0n) is 12.0. The van der Waals surface area contributed by atoms with E-state index in [-0.39, 0.29) is 17.4 Å². The smallest absolute Gasteiger partial charge is 0.254 e. The number of aromatic amines is 1. The number of H-pyrrole nitrogens is 1. The summed E-state index contributed by atoms with van der Waals surface area (Å²) in [6.07, 6.45) is 0. The number of anilines is 1. The quantitative estimate of drug-likeness (QED) is 0.869. The van der Waals surface area contributed by atoms with Crippen LogP contribution in [0.15, 0.2) is 47.3 Å². The highest BCUT2D eigenvalue weighted by Gasteiger charge is 2.22. The van der Waals surface area contributed by atoms with Crippen molar-refractivity contribution in [2.75, 3.05) is 31.1 Å². The molecule has 0 unspecified atom stereocenters. The molecule has 3 rings (SSSR count). The number of nitrogens with one attached hydrogen (secondary N) is 1. The van der Waals surface area contributed by atoms with E-state index in [4.69, 9.17) is 0 Å². The Morgan fingerprint density at radius 3 is 2.36 bits per heavy atom. The van der Waals surface area contributed by atoms with Crippen LogP contribution in [-0.2, 0) is 0 Å². The first-order valence-electron chi connectivity index (χ1n) is 7.16. The number of hydrogen-bond donors (Lipinski definition) is 2. The topological polar surface area (TPSA) is 76.6 Å². The number of aromatic hydroxyl groups is 1. The number of pyridine rings is 1. The molecule has 0 radical (unpaired) electrons. The van der Waals surface area contributed by atoms with Crippen molar-refractivity contribution in [2.24, 2.45) is 0 Å². The number of piperazine rings is 1. The Labute approximate surface area is 127 Å². The first-order chi connectivity index (χ1) is 10.6. The first kappa shape index (κ1) is 14.2. The summed E-state index contributed by atoms with van der Waals surface area (Å²) in [5.41, 5.74) is 0.879. The lowest BCUT2D eigenvalue weighted by Crippen LogP contribution is -2.48. The van der Waals surface area contributed by atoms with Gasteiger partial charge in [-0.25, -0.2) is 0 Å². The van der Waals surface area contributed by atoms with Crippen molar-refractivity contribution >= 4 is 11.6 Å².